The normalized spacial score (nSPS) is 20.2. The highest BCUT2D eigenvalue weighted by Crippen LogP contribution is 2.28. The topological polar surface area (TPSA) is 15.6 Å². The van der Waals surface area contributed by atoms with Crippen molar-refractivity contribution in [3.05, 3.63) is 59.3 Å². The maximum Gasteiger partial charge on any atom is 0.128 e. The number of benzene rings is 1. The lowest BCUT2D eigenvalue weighted by Gasteiger charge is -2.22. The lowest BCUT2D eigenvalue weighted by atomic mass is 10.0. The van der Waals surface area contributed by atoms with E-state index in [1.54, 1.807) is 0 Å². The monoisotopic (exact) mass is 254 g/mol. The van der Waals surface area contributed by atoms with Gasteiger partial charge in [0.1, 0.15) is 5.84 Å². The first-order valence-electron chi connectivity index (χ1n) is 7.03. The first-order valence-corrected chi connectivity index (χ1v) is 7.03. The number of fused-ring (bicyclic) bond motifs is 2. The van der Waals surface area contributed by atoms with E-state index >= 15 is 0 Å². The smallest absolute Gasteiger partial charge is 0.128 e. The molecular formula is C17H22N2. The molecule has 0 amide bonds. The summed E-state index contributed by atoms with van der Waals surface area (Å²) in [6.45, 7) is 9.20. The summed E-state index contributed by atoms with van der Waals surface area (Å²) in [4.78, 5) is 7.02. The van der Waals surface area contributed by atoms with Crippen molar-refractivity contribution in [3.8, 4) is 0 Å². The standard InChI is InChI=1S/C15H16N2.C2H6/c1-11-7-8-15-16-12(2)14-6-4-3-5-13(14)10-17(15)9-11;1-2/h3-9,12H,10H2,1-2H3;1-2H3. The minimum atomic E-state index is 0.239. The number of rotatable bonds is 0. The van der Waals surface area contributed by atoms with E-state index in [0.717, 1.165) is 12.4 Å². The Morgan fingerprint density at radius 1 is 1.16 bits per heavy atom. The second-order valence-electron chi connectivity index (χ2n) is 4.70. The highest BCUT2D eigenvalue weighted by molar-refractivity contribution is 5.95. The van der Waals surface area contributed by atoms with Crippen LogP contribution in [0.3, 0.4) is 0 Å². The number of allylic oxidation sites excluding steroid dienone is 2. The van der Waals surface area contributed by atoms with Crippen LogP contribution in [0, 0.1) is 0 Å². The third kappa shape index (κ3) is 2.78. The van der Waals surface area contributed by atoms with Crippen LogP contribution in [-0.4, -0.2) is 10.7 Å². The number of nitrogens with zero attached hydrogens (tertiary/aromatic N) is 2. The first-order chi connectivity index (χ1) is 9.24. The summed E-state index contributed by atoms with van der Waals surface area (Å²) < 4.78 is 0. The number of hydrogen-bond acceptors (Lipinski definition) is 2. The van der Waals surface area contributed by atoms with Crippen LogP contribution >= 0.6 is 0 Å². The third-order valence-electron chi connectivity index (χ3n) is 3.32. The van der Waals surface area contributed by atoms with Gasteiger partial charge in [0.25, 0.3) is 0 Å². The molecule has 0 bridgehead atoms. The fourth-order valence-electron chi connectivity index (χ4n) is 2.44. The van der Waals surface area contributed by atoms with Crippen molar-refractivity contribution in [2.45, 2.75) is 40.3 Å². The molecule has 2 aliphatic heterocycles. The van der Waals surface area contributed by atoms with Crippen LogP contribution in [0.2, 0.25) is 0 Å². The van der Waals surface area contributed by atoms with E-state index in [2.05, 4.69) is 61.4 Å². The summed E-state index contributed by atoms with van der Waals surface area (Å²) in [7, 11) is 0. The lowest BCUT2D eigenvalue weighted by Crippen LogP contribution is -2.25. The summed E-state index contributed by atoms with van der Waals surface area (Å²) in [5, 5.41) is 0. The van der Waals surface area contributed by atoms with Crippen molar-refractivity contribution in [2.75, 3.05) is 0 Å². The van der Waals surface area contributed by atoms with Crippen molar-refractivity contribution in [3.63, 3.8) is 0 Å². The Labute approximate surface area is 116 Å². The second kappa shape index (κ2) is 5.87. The molecule has 2 heteroatoms. The molecule has 0 fully saturated rings. The van der Waals surface area contributed by atoms with Crippen LogP contribution < -0.4 is 0 Å². The molecule has 0 N–H and O–H groups in total. The summed E-state index contributed by atoms with van der Waals surface area (Å²) in [5.41, 5.74) is 3.99. The van der Waals surface area contributed by atoms with E-state index in [1.165, 1.54) is 16.7 Å². The Bertz CT molecular complexity index is 538. The summed E-state index contributed by atoms with van der Waals surface area (Å²) in [5.74, 6) is 1.07. The molecule has 1 atom stereocenters. The largest absolute Gasteiger partial charge is 0.329 e. The van der Waals surface area contributed by atoms with Gasteiger partial charge in [0.15, 0.2) is 0 Å². The summed E-state index contributed by atoms with van der Waals surface area (Å²) in [6, 6.07) is 8.82. The molecule has 0 saturated heterocycles. The molecule has 1 aromatic rings. The van der Waals surface area contributed by atoms with Crippen molar-refractivity contribution in [2.24, 2.45) is 4.99 Å². The van der Waals surface area contributed by atoms with Crippen LogP contribution in [0.25, 0.3) is 0 Å². The van der Waals surface area contributed by atoms with Gasteiger partial charge in [0, 0.05) is 12.7 Å². The predicted molar refractivity (Wildman–Crippen MR) is 82.1 cm³/mol. The number of hydrogen-bond donors (Lipinski definition) is 0. The Hall–Kier alpha value is -1.83. The average Bonchev–Trinajstić information content (AvgIpc) is 2.57. The molecular weight excluding hydrogens is 232 g/mol. The van der Waals surface area contributed by atoms with Gasteiger partial charge in [-0.1, -0.05) is 44.2 Å². The van der Waals surface area contributed by atoms with Gasteiger partial charge in [-0.2, -0.15) is 0 Å². The van der Waals surface area contributed by atoms with Crippen molar-refractivity contribution >= 4 is 5.84 Å². The maximum atomic E-state index is 4.78. The zero-order valence-corrected chi connectivity index (χ0v) is 12.2. The average molecular weight is 254 g/mol. The van der Waals surface area contributed by atoms with E-state index in [1.807, 2.05) is 13.8 Å². The van der Waals surface area contributed by atoms with Gasteiger partial charge < -0.3 is 4.90 Å². The number of amidine groups is 1. The molecule has 3 rings (SSSR count). The molecule has 19 heavy (non-hydrogen) atoms. The highest BCUT2D eigenvalue weighted by atomic mass is 15.2. The molecule has 0 radical (unpaired) electrons. The van der Waals surface area contributed by atoms with Gasteiger partial charge in [-0.25, -0.2) is 0 Å². The molecule has 0 spiro atoms. The van der Waals surface area contributed by atoms with Crippen molar-refractivity contribution < 1.29 is 0 Å². The van der Waals surface area contributed by atoms with Crippen molar-refractivity contribution in [1.82, 2.24) is 4.90 Å². The lowest BCUT2D eigenvalue weighted by molar-refractivity contribution is 0.551. The van der Waals surface area contributed by atoms with Crippen LogP contribution in [0.4, 0.5) is 0 Å². The minimum absolute atomic E-state index is 0.239. The fraction of sp³-hybridized carbons (Fsp3) is 0.353. The molecule has 2 heterocycles. The molecule has 0 aromatic heterocycles. The van der Waals surface area contributed by atoms with E-state index in [-0.39, 0.29) is 6.04 Å². The minimum Gasteiger partial charge on any atom is -0.329 e. The Balaban J connectivity index is 0.000000637. The van der Waals surface area contributed by atoms with Crippen molar-refractivity contribution in [1.29, 1.82) is 0 Å². The van der Waals surface area contributed by atoms with E-state index in [0.29, 0.717) is 0 Å². The van der Waals surface area contributed by atoms with E-state index in [9.17, 15) is 0 Å². The Morgan fingerprint density at radius 2 is 1.89 bits per heavy atom. The molecule has 0 saturated carbocycles. The molecule has 2 nitrogen and oxygen atoms in total. The second-order valence-corrected chi connectivity index (χ2v) is 4.70. The maximum absolute atomic E-state index is 4.78. The fourth-order valence-corrected chi connectivity index (χ4v) is 2.44. The SMILES string of the molecule is CC.CC1=CN2Cc3ccccc3C(C)N=C2C=C1. The zero-order chi connectivity index (χ0) is 13.8. The van der Waals surface area contributed by atoms with Gasteiger partial charge in [-0.15, -0.1) is 0 Å². The van der Waals surface area contributed by atoms with Gasteiger partial charge in [0.05, 0.1) is 6.04 Å². The van der Waals surface area contributed by atoms with Crippen LogP contribution in [0.15, 0.2) is 53.2 Å². The molecule has 0 aliphatic carbocycles. The first kappa shape index (κ1) is 13.6. The number of aliphatic imine (C=N–C) groups is 1. The van der Waals surface area contributed by atoms with Crippen LogP contribution in [-0.2, 0) is 6.54 Å². The van der Waals surface area contributed by atoms with E-state index in [4.69, 9.17) is 4.99 Å². The van der Waals surface area contributed by atoms with Gasteiger partial charge >= 0.3 is 0 Å². The molecule has 100 valence electrons. The quantitative estimate of drug-likeness (QED) is 0.667. The predicted octanol–water partition coefficient (Wildman–Crippen LogP) is 4.46. The molecule has 1 aromatic carbocycles. The van der Waals surface area contributed by atoms with Crippen LogP contribution in [0.5, 0.6) is 0 Å². The summed E-state index contributed by atoms with van der Waals surface area (Å²) >= 11 is 0. The Kier molecular flexibility index (Phi) is 4.20. The van der Waals surface area contributed by atoms with Gasteiger partial charge in [-0.3, -0.25) is 4.99 Å². The van der Waals surface area contributed by atoms with E-state index < -0.39 is 0 Å². The molecule has 1 unspecified atom stereocenters. The Morgan fingerprint density at radius 3 is 2.68 bits per heavy atom. The third-order valence-corrected chi connectivity index (χ3v) is 3.32. The van der Waals surface area contributed by atoms with Gasteiger partial charge in [-0.05, 0) is 36.6 Å². The summed E-state index contributed by atoms with van der Waals surface area (Å²) in [6.07, 6.45) is 6.41. The van der Waals surface area contributed by atoms with Gasteiger partial charge in [0.2, 0.25) is 0 Å². The molecule has 2 aliphatic rings. The highest BCUT2D eigenvalue weighted by Gasteiger charge is 2.20. The van der Waals surface area contributed by atoms with Crippen LogP contribution in [0.1, 0.15) is 44.9 Å². The zero-order valence-electron chi connectivity index (χ0n) is 12.2.